The van der Waals surface area contributed by atoms with Gasteiger partial charge in [0.25, 0.3) is 0 Å². The van der Waals surface area contributed by atoms with Crippen LogP contribution in [0.1, 0.15) is 31.4 Å². The summed E-state index contributed by atoms with van der Waals surface area (Å²) in [5, 5.41) is 6.16. The molecule has 26 heavy (non-hydrogen) atoms. The Kier molecular flexibility index (Phi) is 8.06. The van der Waals surface area contributed by atoms with Crippen molar-refractivity contribution in [2.24, 2.45) is 5.92 Å². The summed E-state index contributed by atoms with van der Waals surface area (Å²) in [6, 6.07) is 7.62. The van der Waals surface area contributed by atoms with Crippen molar-refractivity contribution in [2.45, 2.75) is 39.3 Å². The Hall–Kier alpha value is -1.92. The van der Waals surface area contributed by atoms with E-state index in [4.69, 9.17) is 4.74 Å². The van der Waals surface area contributed by atoms with E-state index in [2.05, 4.69) is 10.6 Å². The van der Waals surface area contributed by atoms with Crippen LogP contribution in [0.2, 0.25) is 0 Å². The number of methoxy groups -OCH3 is 1. The first-order valence-corrected chi connectivity index (χ1v) is 9.36. The lowest BCUT2D eigenvalue weighted by Gasteiger charge is -2.36. The summed E-state index contributed by atoms with van der Waals surface area (Å²) in [6.07, 6.45) is 1.04. The van der Waals surface area contributed by atoms with E-state index in [0.717, 1.165) is 17.7 Å². The number of nitrogens with one attached hydrogen (secondary N) is 2. The lowest BCUT2D eigenvalue weighted by Crippen LogP contribution is -2.53. The van der Waals surface area contributed by atoms with E-state index in [1.54, 1.807) is 12.0 Å². The zero-order valence-corrected chi connectivity index (χ0v) is 16.1. The third-order valence-electron chi connectivity index (χ3n) is 4.54. The summed E-state index contributed by atoms with van der Waals surface area (Å²) < 4.78 is 4.98. The summed E-state index contributed by atoms with van der Waals surface area (Å²) in [5.41, 5.74) is 2.29. The number of carbonyl (C=O) groups is 2. The fourth-order valence-corrected chi connectivity index (χ4v) is 3.18. The van der Waals surface area contributed by atoms with Gasteiger partial charge >= 0.3 is 0 Å². The molecular weight excluding hydrogens is 330 g/mol. The Balaban J connectivity index is 1.99. The van der Waals surface area contributed by atoms with Gasteiger partial charge in [0, 0.05) is 46.1 Å². The van der Waals surface area contributed by atoms with Crippen LogP contribution in [0, 0.1) is 5.92 Å². The average Bonchev–Trinajstić information content (AvgIpc) is 2.62. The molecule has 1 aromatic rings. The number of rotatable bonds is 9. The van der Waals surface area contributed by atoms with Crippen molar-refractivity contribution in [3.05, 3.63) is 35.4 Å². The third kappa shape index (κ3) is 5.81. The number of fused-ring (bicyclic) bond motifs is 1. The smallest absolute Gasteiger partial charge is 0.243 e. The molecule has 6 nitrogen and oxygen atoms in total. The molecule has 144 valence electrons. The second kappa shape index (κ2) is 10.3. The van der Waals surface area contributed by atoms with E-state index >= 15 is 0 Å². The molecule has 0 spiro atoms. The van der Waals surface area contributed by atoms with Gasteiger partial charge in [-0.3, -0.25) is 9.59 Å². The van der Waals surface area contributed by atoms with E-state index < -0.39 is 6.04 Å². The SMILES string of the molecule is COCCNCCNC(=O)C1Cc2ccccc2CN1C(=O)CC(C)C. The molecule has 2 amide bonds. The molecule has 1 aromatic carbocycles. The number of amides is 2. The fraction of sp³-hybridized carbons (Fsp3) is 0.600. The molecule has 0 saturated heterocycles. The van der Waals surface area contributed by atoms with Gasteiger partial charge in [0.05, 0.1) is 6.61 Å². The Labute approximate surface area is 156 Å². The van der Waals surface area contributed by atoms with Crippen molar-refractivity contribution in [3.8, 4) is 0 Å². The number of carbonyl (C=O) groups excluding carboxylic acids is 2. The minimum atomic E-state index is -0.435. The van der Waals surface area contributed by atoms with Crippen LogP contribution in [-0.2, 0) is 27.3 Å². The zero-order chi connectivity index (χ0) is 18.9. The molecule has 6 heteroatoms. The molecule has 0 aliphatic carbocycles. The van der Waals surface area contributed by atoms with E-state index in [0.29, 0.717) is 39.1 Å². The molecule has 1 aliphatic rings. The number of hydrogen-bond acceptors (Lipinski definition) is 4. The number of hydrogen-bond donors (Lipinski definition) is 2. The molecule has 1 atom stereocenters. The normalized spacial score (nSPS) is 16.5. The lowest BCUT2D eigenvalue weighted by atomic mass is 9.92. The van der Waals surface area contributed by atoms with Crippen LogP contribution >= 0.6 is 0 Å². The molecule has 1 unspecified atom stereocenters. The number of benzene rings is 1. The van der Waals surface area contributed by atoms with Gasteiger partial charge in [-0.05, 0) is 17.0 Å². The van der Waals surface area contributed by atoms with Crippen molar-refractivity contribution in [3.63, 3.8) is 0 Å². The highest BCUT2D eigenvalue weighted by molar-refractivity contribution is 5.88. The van der Waals surface area contributed by atoms with Gasteiger partial charge in [-0.2, -0.15) is 0 Å². The van der Waals surface area contributed by atoms with Crippen LogP contribution in [0.15, 0.2) is 24.3 Å². The maximum Gasteiger partial charge on any atom is 0.243 e. The monoisotopic (exact) mass is 361 g/mol. The van der Waals surface area contributed by atoms with Gasteiger partial charge in [0.2, 0.25) is 11.8 Å². The van der Waals surface area contributed by atoms with Gasteiger partial charge < -0.3 is 20.3 Å². The maximum absolute atomic E-state index is 12.7. The first-order valence-electron chi connectivity index (χ1n) is 9.36. The zero-order valence-electron chi connectivity index (χ0n) is 16.1. The van der Waals surface area contributed by atoms with Gasteiger partial charge in [-0.25, -0.2) is 0 Å². The molecule has 0 bridgehead atoms. The third-order valence-corrected chi connectivity index (χ3v) is 4.54. The number of ether oxygens (including phenoxy) is 1. The predicted octanol–water partition coefficient (Wildman–Crippen LogP) is 1.34. The van der Waals surface area contributed by atoms with Crippen LogP contribution in [0.4, 0.5) is 0 Å². The second-order valence-corrected chi connectivity index (χ2v) is 7.14. The van der Waals surface area contributed by atoms with Crippen molar-refractivity contribution in [2.75, 3.05) is 33.4 Å². The van der Waals surface area contributed by atoms with Crippen LogP contribution < -0.4 is 10.6 Å². The van der Waals surface area contributed by atoms with Gasteiger partial charge in [-0.15, -0.1) is 0 Å². The molecule has 0 radical (unpaired) electrons. The second-order valence-electron chi connectivity index (χ2n) is 7.14. The highest BCUT2D eigenvalue weighted by Gasteiger charge is 2.34. The highest BCUT2D eigenvalue weighted by Crippen LogP contribution is 2.24. The highest BCUT2D eigenvalue weighted by atomic mass is 16.5. The summed E-state index contributed by atoms with van der Waals surface area (Å²) in [5.74, 6) is 0.242. The van der Waals surface area contributed by atoms with Crippen LogP contribution in [0.25, 0.3) is 0 Å². The molecule has 0 saturated carbocycles. The van der Waals surface area contributed by atoms with Crippen molar-refractivity contribution < 1.29 is 14.3 Å². The van der Waals surface area contributed by atoms with E-state index in [1.807, 2.05) is 38.1 Å². The predicted molar refractivity (Wildman–Crippen MR) is 102 cm³/mol. The summed E-state index contributed by atoms with van der Waals surface area (Å²) >= 11 is 0. The summed E-state index contributed by atoms with van der Waals surface area (Å²) in [4.78, 5) is 27.2. The number of nitrogens with zero attached hydrogens (tertiary/aromatic N) is 1. The first kappa shape index (κ1) is 20.4. The Morgan fingerprint density at radius 3 is 2.62 bits per heavy atom. The summed E-state index contributed by atoms with van der Waals surface area (Å²) in [7, 11) is 1.66. The van der Waals surface area contributed by atoms with Gasteiger partial charge in [0.15, 0.2) is 0 Å². The van der Waals surface area contributed by atoms with E-state index in [-0.39, 0.29) is 17.7 Å². The first-order chi connectivity index (χ1) is 12.5. The van der Waals surface area contributed by atoms with Crippen LogP contribution in [0.5, 0.6) is 0 Å². The minimum absolute atomic E-state index is 0.0490. The minimum Gasteiger partial charge on any atom is -0.383 e. The van der Waals surface area contributed by atoms with Crippen molar-refractivity contribution in [1.29, 1.82) is 0 Å². The van der Waals surface area contributed by atoms with E-state index in [1.165, 1.54) is 0 Å². The molecule has 0 aromatic heterocycles. The molecule has 1 heterocycles. The quantitative estimate of drug-likeness (QED) is 0.651. The van der Waals surface area contributed by atoms with Crippen LogP contribution in [-0.4, -0.2) is 56.1 Å². The standard InChI is InChI=1S/C20H31N3O3/c1-15(2)12-19(24)23-14-17-7-5-4-6-16(17)13-18(23)20(25)22-9-8-21-10-11-26-3/h4-7,15,18,21H,8-14H2,1-3H3,(H,22,25). The summed E-state index contributed by atoms with van der Waals surface area (Å²) in [6.45, 7) is 7.16. The van der Waals surface area contributed by atoms with Gasteiger partial charge in [0.1, 0.15) is 6.04 Å². The lowest BCUT2D eigenvalue weighted by molar-refractivity contribution is -0.142. The Morgan fingerprint density at radius 1 is 1.19 bits per heavy atom. The molecule has 2 N–H and O–H groups in total. The average molecular weight is 361 g/mol. The van der Waals surface area contributed by atoms with Crippen molar-refractivity contribution in [1.82, 2.24) is 15.5 Å². The topological polar surface area (TPSA) is 70.7 Å². The Bertz CT molecular complexity index is 604. The Morgan fingerprint density at radius 2 is 1.92 bits per heavy atom. The van der Waals surface area contributed by atoms with Crippen LogP contribution in [0.3, 0.4) is 0 Å². The van der Waals surface area contributed by atoms with E-state index in [9.17, 15) is 9.59 Å². The fourth-order valence-electron chi connectivity index (χ4n) is 3.18. The molecule has 2 rings (SSSR count). The largest absolute Gasteiger partial charge is 0.383 e. The molecular formula is C20H31N3O3. The molecule has 1 aliphatic heterocycles. The maximum atomic E-state index is 12.7. The van der Waals surface area contributed by atoms with Crippen molar-refractivity contribution >= 4 is 11.8 Å². The molecule has 0 fully saturated rings. The van der Waals surface area contributed by atoms with Gasteiger partial charge in [-0.1, -0.05) is 38.1 Å².